The molecule has 1 aliphatic heterocycles. The zero-order valence-electron chi connectivity index (χ0n) is 10.5. The molecule has 0 radical (unpaired) electrons. The van der Waals surface area contributed by atoms with E-state index < -0.39 is 0 Å². The molecule has 0 aromatic heterocycles. The Bertz CT molecular complexity index is 412. The summed E-state index contributed by atoms with van der Waals surface area (Å²) in [5, 5.41) is 0. The van der Waals surface area contributed by atoms with Gasteiger partial charge in [-0.25, -0.2) is 4.39 Å². The smallest absolute Gasteiger partial charge is 0.128 e. The van der Waals surface area contributed by atoms with E-state index in [-0.39, 0.29) is 18.0 Å². The van der Waals surface area contributed by atoms with Crippen molar-refractivity contribution >= 4 is 11.4 Å². The average Bonchev–Trinajstić information content (AvgIpc) is 2.22. The van der Waals surface area contributed by atoms with Gasteiger partial charge in [0.1, 0.15) is 5.82 Å². The van der Waals surface area contributed by atoms with E-state index in [1.54, 1.807) is 6.92 Å². The van der Waals surface area contributed by atoms with Gasteiger partial charge in [-0.15, -0.1) is 0 Å². The van der Waals surface area contributed by atoms with Crippen LogP contribution in [0.3, 0.4) is 0 Å². The minimum absolute atomic E-state index is 0.170. The number of hydrogen-bond donors (Lipinski definition) is 1. The molecular weight excluding hydrogens is 219 g/mol. The Kier molecular flexibility index (Phi) is 3.24. The molecule has 0 saturated carbocycles. The van der Waals surface area contributed by atoms with E-state index in [4.69, 9.17) is 10.5 Å². The van der Waals surface area contributed by atoms with Crippen molar-refractivity contribution in [1.29, 1.82) is 0 Å². The van der Waals surface area contributed by atoms with Gasteiger partial charge in [0.25, 0.3) is 0 Å². The van der Waals surface area contributed by atoms with Gasteiger partial charge in [-0.3, -0.25) is 0 Å². The van der Waals surface area contributed by atoms with Gasteiger partial charge in [0, 0.05) is 13.1 Å². The molecule has 17 heavy (non-hydrogen) atoms. The Morgan fingerprint density at radius 2 is 1.88 bits per heavy atom. The van der Waals surface area contributed by atoms with E-state index >= 15 is 0 Å². The maximum atomic E-state index is 13.4. The first-order valence-corrected chi connectivity index (χ1v) is 5.93. The van der Waals surface area contributed by atoms with E-state index in [0.29, 0.717) is 11.3 Å². The number of nitrogens with two attached hydrogens (primary N) is 1. The van der Waals surface area contributed by atoms with Crippen LogP contribution in [0.4, 0.5) is 15.8 Å². The minimum Gasteiger partial charge on any atom is -0.397 e. The molecule has 0 unspecified atom stereocenters. The number of anilines is 2. The molecule has 0 aliphatic carbocycles. The fraction of sp³-hybridized carbons (Fsp3) is 0.538. The van der Waals surface area contributed by atoms with E-state index in [0.717, 1.165) is 18.8 Å². The predicted octanol–water partition coefficient (Wildman–Crippen LogP) is 2.33. The molecule has 2 rings (SSSR count). The van der Waals surface area contributed by atoms with Crippen molar-refractivity contribution in [2.24, 2.45) is 0 Å². The first kappa shape index (κ1) is 12.2. The molecule has 94 valence electrons. The van der Waals surface area contributed by atoms with E-state index in [9.17, 15) is 4.39 Å². The van der Waals surface area contributed by atoms with Gasteiger partial charge in [0.05, 0.1) is 23.6 Å². The van der Waals surface area contributed by atoms with Crippen LogP contribution in [0.15, 0.2) is 12.1 Å². The van der Waals surface area contributed by atoms with Crippen molar-refractivity contribution in [2.75, 3.05) is 23.7 Å². The van der Waals surface area contributed by atoms with Crippen molar-refractivity contribution in [3.05, 3.63) is 23.5 Å². The third-order valence-corrected chi connectivity index (χ3v) is 3.07. The number of hydrogen-bond acceptors (Lipinski definition) is 3. The molecule has 4 heteroatoms. The van der Waals surface area contributed by atoms with Gasteiger partial charge in [0.15, 0.2) is 0 Å². The molecule has 0 amide bonds. The maximum absolute atomic E-state index is 13.4. The Labute approximate surface area is 101 Å². The zero-order valence-corrected chi connectivity index (χ0v) is 10.5. The summed E-state index contributed by atoms with van der Waals surface area (Å²) in [6.07, 6.45) is 0.340. The molecule has 0 spiro atoms. The number of morpholine rings is 1. The minimum atomic E-state index is -0.249. The molecule has 2 atom stereocenters. The van der Waals surface area contributed by atoms with Gasteiger partial charge in [-0.1, -0.05) is 0 Å². The second-order valence-electron chi connectivity index (χ2n) is 4.82. The summed E-state index contributed by atoms with van der Waals surface area (Å²) in [6, 6.07) is 3.21. The highest BCUT2D eigenvalue weighted by molar-refractivity contribution is 5.69. The van der Waals surface area contributed by atoms with Crippen molar-refractivity contribution in [3.8, 4) is 0 Å². The number of halogens is 1. The molecular formula is C13H19FN2O. The van der Waals surface area contributed by atoms with Gasteiger partial charge >= 0.3 is 0 Å². The van der Waals surface area contributed by atoms with E-state index in [2.05, 4.69) is 4.90 Å². The van der Waals surface area contributed by atoms with Crippen LogP contribution in [0.5, 0.6) is 0 Å². The first-order chi connectivity index (χ1) is 7.97. The van der Waals surface area contributed by atoms with Crippen molar-refractivity contribution in [3.63, 3.8) is 0 Å². The lowest BCUT2D eigenvalue weighted by atomic mass is 10.1. The normalized spacial score (nSPS) is 25.1. The largest absolute Gasteiger partial charge is 0.397 e. The number of nitrogens with zero attached hydrogens (tertiary/aromatic N) is 1. The van der Waals surface area contributed by atoms with Crippen LogP contribution in [0.25, 0.3) is 0 Å². The van der Waals surface area contributed by atoms with E-state index in [1.807, 2.05) is 19.9 Å². The fourth-order valence-corrected chi connectivity index (χ4v) is 2.33. The summed E-state index contributed by atoms with van der Waals surface area (Å²) in [5.41, 5.74) is 7.92. The summed E-state index contributed by atoms with van der Waals surface area (Å²) in [4.78, 5) is 2.17. The summed E-state index contributed by atoms with van der Waals surface area (Å²) in [5.74, 6) is -0.249. The van der Waals surface area contributed by atoms with Crippen LogP contribution < -0.4 is 10.6 Å². The maximum Gasteiger partial charge on any atom is 0.128 e. The summed E-state index contributed by atoms with van der Waals surface area (Å²) >= 11 is 0. The van der Waals surface area contributed by atoms with Crippen LogP contribution in [0.2, 0.25) is 0 Å². The molecule has 1 fully saturated rings. The molecule has 1 saturated heterocycles. The van der Waals surface area contributed by atoms with Crippen molar-refractivity contribution < 1.29 is 9.13 Å². The second kappa shape index (κ2) is 4.53. The second-order valence-corrected chi connectivity index (χ2v) is 4.82. The Hall–Kier alpha value is -1.29. The molecule has 1 aromatic carbocycles. The number of ether oxygens (including phenoxy) is 1. The molecule has 3 nitrogen and oxygen atoms in total. The molecule has 1 aliphatic rings. The molecule has 1 aromatic rings. The number of aryl methyl sites for hydroxylation is 1. The number of nitrogen functional groups attached to an aromatic ring is 1. The summed E-state index contributed by atoms with van der Waals surface area (Å²) < 4.78 is 19.0. The number of benzene rings is 1. The third kappa shape index (κ3) is 2.52. The molecule has 1 heterocycles. The molecule has 0 bridgehead atoms. The number of rotatable bonds is 1. The summed E-state index contributed by atoms with van der Waals surface area (Å²) in [6.45, 7) is 7.41. The fourth-order valence-electron chi connectivity index (χ4n) is 2.33. The SMILES string of the molecule is Cc1cc(N2C[C@@H](C)O[C@@H](C)C2)c(N)cc1F. The Morgan fingerprint density at radius 3 is 2.47 bits per heavy atom. The molecule has 2 N–H and O–H groups in total. The zero-order chi connectivity index (χ0) is 12.6. The van der Waals surface area contributed by atoms with Crippen LogP contribution in [0.1, 0.15) is 19.4 Å². The van der Waals surface area contributed by atoms with Crippen molar-refractivity contribution in [2.45, 2.75) is 33.0 Å². The van der Waals surface area contributed by atoms with Crippen LogP contribution in [-0.2, 0) is 4.74 Å². The van der Waals surface area contributed by atoms with Crippen molar-refractivity contribution in [1.82, 2.24) is 0 Å². The lowest BCUT2D eigenvalue weighted by Gasteiger charge is -2.37. The highest BCUT2D eigenvalue weighted by atomic mass is 19.1. The standard InChI is InChI=1S/C13H19FN2O/c1-8-4-13(12(15)5-11(8)14)16-6-9(2)17-10(3)7-16/h4-5,9-10H,6-7,15H2,1-3H3/t9-,10+. The van der Waals surface area contributed by atoms with Crippen LogP contribution in [-0.4, -0.2) is 25.3 Å². The van der Waals surface area contributed by atoms with E-state index in [1.165, 1.54) is 6.07 Å². The highest BCUT2D eigenvalue weighted by Crippen LogP contribution is 2.28. The van der Waals surface area contributed by atoms with Gasteiger partial charge in [0.2, 0.25) is 0 Å². The summed E-state index contributed by atoms with van der Waals surface area (Å²) in [7, 11) is 0. The quantitative estimate of drug-likeness (QED) is 0.763. The lowest BCUT2D eigenvalue weighted by molar-refractivity contribution is -0.00517. The topological polar surface area (TPSA) is 38.5 Å². The average molecular weight is 238 g/mol. The van der Waals surface area contributed by atoms with Gasteiger partial charge < -0.3 is 15.4 Å². The predicted molar refractivity (Wildman–Crippen MR) is 67.8 cm³/mol. The van der Waals surface area contributed by atoms with Gasteiger partial charge in [-0.2, -0.15) is 0 Å². The van der Waals surface area contributed by atoms with Gasteiger partial charge in [-0.05, 0) is 38.5 Å². The Balaban J connectivity index is 2.30. The third-order valence-electron chi connectivity index (χ3n) is 3.07. The van der Waals surface area contributed by atoms with Crippen LogP contribution >= 0.6 is 0 Å². The monoisotopic (exact) mass is 238 g/mol. The van der Waals surface area contributed by atoms with Crippen LogP contribution in [0, 0.1) is 12.7 Å². The highest BCUT2D eigenvalue weighted by Gasteiger charge is 2.24. The first-order valence-electron chi connectivity index (χ1n) is 5.93. The Morgan fingerprint density at radius 1 is 1.29 bits per heavy atom. The lowest BCUT2D eigenvalue weighted by Crippen LogP contribution is -2.45.